The van der Waals surface area contributed by atoms with Crippen molar-refractivity contribution in [1.82, 2.24) is 0 Å². The van der Waals surface area contributed by atoms with E-state index >= 15 is 0 Å². The highest BCUT2D eigenvalue weighted by Gasteiger charge is 2.10. The van der Waals surface area contributed by atoms with Crippen molar-refractivity contribution in [3.63, 3.8) is 0 Å². The lowest BCUT2D eigenvalue weighted by Gasteiger charge is -1.95. The van der Waals surface area contributed by atoms with Gasteiger partial charge >= 0.3 is 5.97 Å². The Morgan fingerprint density at radius 1 is 1.64 bits per heavy atom. The van der Waals surface area contributed by atoms with E-state index in [1.54, 1.807) is 0 Å². The van der Waals surface area contributed by atoms with Crippen molar-refractivity contribution in [3.05, 3.63) is 24.4 Å². The van der Waals surface area contributed by atoms with Crippen LogP contribution in [0.15, 0.2) is 29.4 Å². The van der Waals surface area contributed by atoms with Crippen molar-refractivity contribution < 1.29 is 9.90 Å². The van der Waals surface area contributed by atoms with Gasteiger partial charge in [-0.1, -0.05) is 6.08 Å². The predicted molar refractivity (Wildman–Crippen MR) is 41.0 cm³/mol. The molecule has 0 radical (unpaired) electrons. The Labute approximate surface area is 63.7 Å². The Morgan fingerprint density at radius 2 is 2.36 bits per heavy atom. The van der Waals surface area contributed by atoms with Crippen LogP contribution in [0.5, 0.6) is 0 Å². The van der Waals surface area contributed by atoms with Gasteiger partial charge in [0, 0.05) is 6.20 Å². The fraction of sp³-hybridized carbons (Fsp3) is 0.143. The highest BCUT2D eigenvalue weighted by atomic mass is 16.4. The number of nitrogens with two attached hydrogens (primary N) is 1. The fourth-order valence-corrected chi connectivity index (χ4v) is 0.696. The summed E-state index contributed by atoms with van der Waals surface area (Å²) in [6.45, 7) is 0. The first kappa shape index (κ1) is 7.53. The monoisotopic (exact) mass is 152 g/mol. The number of aliphatic imine (C=N–C) groups is 1. The number of nitrogens with zero attached hydrogens (tertiary/aromatic N) is 1. The maximum absolute atomic E-state index is 10.4. The van der Waals surface area contributed by atoms with E-state index in [4.69, 9.17) is 10.8 Å². The molecule has 1 atom stereocenters. The number of carbonyl (C=O) groups is 1. The molecule has 0 aromatic rings. The van der Waals surface area contributed by atoms with E-state index in [1.165, 1.54) is 24.4 Å². The molecule has 0 amide bonds. The van der Waals surface area contributed by atoms with E-state index < -0.39 is 11.9 Å². The highest BCUT2D eigenvalue weighted by Crippen LogP contribution is 2.04. The third kappa shape index (κ3) is 1.93. The molecule has 1 heterocycles. The average molecular weight is 152 g/mol. The summed E-state index contributed by atoms with van der Waals surface area (Å²) < 4.78 is 0. The van der Waals surface area contributed by atoms with Crippen LogP contribution in [-0.2, 0) is 4.79 Å². The lowest BCUT2D eigenvalue weighted by atomic mass is 10.1. The molecule has 0 saturated heterocycles. The van der Waals surface area contributed by atoms with Crippen LogP contribution >= 0.6 is 0 Å². The van der Waals surface area contributed by atoms with Gasteiger partial charge in [-0.15, -0.1) is 0 Å². The standard InChI is InChI=1S/C7H8N2O2/c8-6-2-1-5(7(10)11)3-4-9-6/h1-5H,(H2,8,9)(H,10,11). The Balaban J connectivity index is 2.79. The van der Waals surface area contributed by atoms with Gasteiger partial charge < -0.3 is 10.8 Å². The third-order valence-corrected chi connectivity index (χ3v) is 1.28. The zero-order chi connectivity index (χ0) is 8.27. The second kappa shape index (κ2) is 3.01. The van der Waals surface area contributed by atoms with Crippen LogP contribution in [0.1, 0.15) is 0 Å². The SMILES string of the molecule is NC1=NC=CC(C(=O)O)C=C1. The van der Waals surface area contributed by atoms with Crippen molar-refractivity contribution in [2.75, 3.05) is 0 Å². The van der Waals surface area contributed by atoms with Crippen LogP contribution in [-0.4, -0.2) is 16.9 Å². The molecular weight excluding hydrogens is 144 g/mol. The predicted octanol–water partition coefficient (Wildman–Crippen LogP) is 0.128. The number of carboxylic acids is 1. The van der Waals surface area contributed by atoms with Gasteiger partial charge in [0.25, 0.3) is 0 Å². The minimum atomic E-state index is -0.901. The number of hydrogen-bond donors (Lipinski definition) is 2. The molecule has 0 aliphatic carbocycles. The average Bonchev–Trinajstić information content (AvgIpc) is 2.13. The van der Waals surface area contributed by atoms with E-state index in [0.29, 0.717) is 5.84 Å². The fourth-order valence-electron chi connectivity index (χ4n) is 0.696. The number of carboxylic acid groups (broad SMARTS) is 1. The zero-order valence-corrected chi connectivity index (χ0v) is 5.77. The molecule has 1 aliphatic rings. The summed E-state index contributed by atoms with van der Waals surface area (Å²) in [7, 11) is 0. The van der Waals surface area contributed by atoms with Crippen LogP contribution in [0.25, 0.3) is 0 Å². The molecule has 3 N–H and O–H groups in total. The van der Waals surface area contributed by atoms with E-state index in [2.05, 4.69) is 4.99 Å². The Hall–Kier alpha value is -1.58. The second-order valence-corrected chi connectivity index (χ2v) is 2.12. The Bertz CT molecular complexity index is 253. The summed E-state index contributed by atoms with van der Waals surface area (Å²) in [5, 5.41) is 8.56. The summed E-state index contributed by atoms with van der Waals surface area (Å²) in [6.07, 6.45) is 5.84. The van der Waals surface area contributed by atoms with Gasteiger partial charge in [-0.2, -0.15) is 0 Å². The number of hydrogen-bond acceptors (Lipinski definition) is 3. The third-order valence-electron chi connectivity index (χ3n) is 1.28. The van der Waals surface area contributed by atoms with E-state index in [1.807, 2.05) is 0 Å². The molecule has 58 valence electrons. The number of aliphatic carboxylic acids is 1. The van der Waals surface area contributed by atoms with Crippen LogP contribution in [0.3, 0.4) is 0 Å². The molecule has 0 fully saturated rings. The molecule has 0 spiro atoms. The van der Waals surface area contributed by atoms with Crippen molar-refractivity contribution in [2.45, 2.75) is 0 Å². The zero-order valence-electron chi connectivity index (χ0n) is 5.77. The summed E-state index contributed by atoms with van der Waals surface area (Å²) >= 11 is 0. The molecule has 0 aromatic carbocycles. The lowest BCUT2D eigenvalue weighted by molar-refractivity contribution is -0.138. The molecule has 11 heavy (non-hydrogen) atoms. The molecule has 1 aliphatic heterocycles. The van der Waals surface area contributed by atoms with Gasteiger partial charge in [-0.05, 0) is 12.2 Å². The first-order valence-electron chi connectivity index (χ1n) is 3.11. The molecular formula is C7H8N2O2. The van der Waals surface area contributed by atoms with Crippen molar-refractivity contribution in [3.8, 4) is 0 Å². The van der Waals surface area contributed by atoms with Gasteiger partial charge in [0.2, 0.25) is 0 Å². The maximum atomic E-state index is 10.4. The Morgan fingerprint density at radius 3 is 3.00 bits per heavy atom. The first-order chi connectivity index (χ1) is 5.20. The van der Waals surface area contributed by atoms with Crippen molar-refractivity contribution >= 4 is 11.8 Å². The summed E-state index contributed by atoms with van der Waals surface area (Å²) in [4.78, 5) is 14.1. The molecule has 1 rings (SSSR count). The van der Waals surface area contributed by atoms with Crippen molar-refractivity contribution in [1.29, 1.82) is 0 Å². The van der Waals surface area contributed by atoms with Gasteiger partial charge in [-0.25, -0.2) is 4.99 Å². The van der Waals surface area contributed by atoms with Gasteiger partial charge in [-0.3, -0.25) is 4.79 Å². The molecule has 1 unspecified atom stereocenters. The van der Waals surface area contributed by atoms with Gasteiger partial charge in [0.15, 0.2) is 0 Å². The summed E-state index contributed by atoms with van der Waals surface area (Å²) in [6, 6.07) is 0. The minimum absolute atomic E-state index is 0.324. The molecule has 0 bridgehead atoms. The second-order valence-electron chi connectivity index (χ2n) is 2.12. The minimum Gasteiger partial charge on any atom is -0.481 e. The lowest BCUT2D eigenvalue weighted by Crippen LogP contribution is -2.09. The largest absolute Gasteiger partial charge is 0.481 e. The molecule has 0 aromatic heterocycles. The van der Waals surface area contributed by atoms with Crippen LogP contribution in [0.2, 0.25) is 0 Å². The topological polar surface area (TPSA) is 75.7 Å². The molecule has 4 heteroatoms. The van der Waals surface area contributed by atoms with Crippen LogP contribution in [0.4, 0.5) is 0 Å². The van der Waals surface area contributed by atoms with Crippen molar-refractivity contribution in [2.24, 2.45) is 16.6 Å². The summed E-state index contributed by atoms with van der Waals surface area (Å²) in [5.41, 5.74) is 5.32. The van der Waals surface area contributed by atoms with Gasteiger partial charge in [0.1, 0.15) is 5.84 Å². The van der Waals surface area contributed by atoms with Gasteiger partial charge in [0.05, 0.1) is 5.92 Å². The highest BCUT2D eigenvalue weighted by molar-refractivity contribution is 5.93. The quantitative estimate of drug-likeness (QED) is 0.560. The van der Waals surface area contributed by atoms with E-state index in [0.717, 1.165) is 0 Å². The normalized spacial score (nSPS) is 22.5. The van der Waals surface area contributed by atoms with Crippen LogP contribution < -0.4 is 5.73 Å². The van der Waals surface area contributed by atoms with Crippen LogP contribution in [0, 0.1) is 5.92 Å². The Kier molecular flexibility index (Phi) is 2.06. The summed E-state index contributed by atoms with van der Waals surface area (Å²) in [5.74, 6) is -1.19. The number of amidine groups is 1. The number of rotatable bonds is 1. The van der Waals surface area contributed by atoms with E-state index in [9.17, 15) is 4.79 Å². The molecule has 0 saturated carbocycles. The smallest absolute Gasteiger partial charge is 0.314 e. The maximum Gasteiger partial charge on any atom is 0.314 e. The van der Waals surface area contributed by atoms with E-state index in [-0.39, 0.29) is 0 Å². The first-order valence-corrected chi connectivity index (χ1v) is 3.11. The molecule has 4 nitrogen and oxygen atoms in total.